The molecule has 626 valence electrons. The molecule has 0 unspecified atom stereocenters. The lowest BCUT2D eigenvalue weighted by atomic mass is 9.92. The first-order valence-corrected chi connectivity index (χ1v) is 40.2. The molecule has 0 aliphatic carbocycles. The van der Waals surface area contributed by atoms with E-state index >= 15 is 0 Å². The van der Waals surface area contributed by atoms with Gasteiger partial charge in [0.05, 0.1) is 85.9 Å². The van der Waals surface area contributed by atoms with Gasteiger partial charge in [0.2, 0.25) is 17.7 Å². The van der Waals surface area contributed by atoms with Crippen molar-refractivity contribution in [3.63, 3.8) is 0 Å². The van der Waals surface area contributed by atoms with E-state index in [1.54, 1.807) is 0 Å². The predicted octanol–water partition coefficient (Wildman–Crippen LogP) is 12.0. The van der Waals surface area contributed by atoms with E-state index in [9.17, 15) is 25.0 Å². The lowest BCUT2D eigenvalue weighted by Gasteiger charge is -2.52. The second-order valence-electron chi connectivity index (χ2n) is 29.6. The smallest absolute Gasteiger partial charge is 0.217 e. The third-order valence-electron chi connectivity index (χ3n) is 20.8. The average Bonchev–Trinajstić information content (AvgIpc) is 0.768. The molecule has 0 saturated carbocycles. The molecule has 0 radical (unpaired) electrons. The van der Waals surface area contributed by atoms with Gasteiger partial charge in [-0.05, 0) is 55.6 Å². The maximum absolute atomic E-state index is 14.5. The normalized spacial score (nSPS) is 26.8. The zero-order valence-electron chi connectivity index (χ0n) is 66.8. The maximum atomic E-state index is 14.5. The molecule has 20 atom stereocenters. The Morgan fingerprint density at radius 1 is 0.311 bits per heavy atom. The van der Waals surface area contributed by atoms with Gasteiger partial charge in [0.1, 0.15) is 97.4 Å². The first kappa shape index (κ1) is 86.9. The molecule has 4 fully saturated rings. The van der Waals surface area contributed by atoms with Crippen LogP contribution in [0.3, 0.4) is 0 Å². The predicted molar refractivity (Wildman–Crippen MR) is 437 cm³/mol. The number of aliphatic hydroxyl groups excluding tert-OH is 1. The van der Waals surface area contributed by atoms with Crippen molar-refractivity contribution in [3.05, 3.63) is 334 Å². The van der Waals surface area contributed by atoms with Gasteiger partial charge in [-0.25, -0.2) is 0 Å². The van der Waals surface area contributed by atoms with Gasteiger partial charge in [0, 0.05) is 25.7 Å². The highest BCUT2D eigenvalue weighted by Crippen LogP contribution is 2.40. The SMILES string of the molecule is CC(=O)N[C@H]1[C@H](O[C@H]2[C@H](OCc3ccccc3)[C@@H](NC(C)=O)[C@H](O[C@H]3[C@H](OCc4ccccc4)[C@@H](NC(C)=O)[C@H](OCc4ccccc4)O[C@@H]3CO)O[C@@H]2COCc2ccccc2)O[C@H](COCc2ccccc2)[C@@H](O[C@@H]2O[C@H](COCc3ccccc3)[C@@H](OCc3ccccc3)[C@H](OCc3ccccc3)[C@H]2N=[N+]=[N-])[C@@H]1OCc1ccccc1. The first-order chi connectivity index (χ1) is 58.4. The fourth-order valence-electron chi connectivity index (χ4n) is 15.1. The summed E-state index contributed by atoms with van der Waals surface area (Å²) < 4.78 is 113. The van der Waals surface area contributed by atoms with Crippen LogP contribution in [-0.4, -0.2) is 172 Å². The standard InChI is InChI=1S/C93H104N6O20/c1-62(101)95-78-86(108-54-69-39-21-8-22-40-69)83(74(49-100)113-90(78)112-58-73-47-29-12-30-48-73)117-91-79(96-63(2)102)87(109-55-70-41-23-9-24-42-70)84(76(115-91)60-105-51-66-33-15-5-16-34-66)118-92-80(97-64(3)103)88(110-56-71-43-25-10-26-44-71)85(77(116-92)61-106-52-67-35-17-6-18-36-67)119-93-81(98-99-94)89(111-57-72-45-27-11-28-46-72)82(107-53-68-37-19-7-20-38-68)75(114-93)59-104-50-65-31-13-4-14-32-65/h4-48,74-93,100H,49-61H2,1-3H3,(H,95,101)(H,96,102)(H,97,103)/t74-,75-,76-,77-,78-,79-,80-,81-,82-,83-,84-,85-,86-,87-,88-,89-,90-,91+,92+,93+/m1/s1. The van der Waals surface area contributed by atoms with E-state index < -0.39 is 147 Å². The lowest BCUT2D eigenvalue weighted by molar-refractivity contribution is -0.371. The number of nitrogens with one attached hydrogen (secondary N) is 3. The number of carbonyl (C=O) groups is 3. The van der Waals surface area contributed by atoms with E-state index in [2.05, 4.69) is 26.0 Å². The monoisotopic (exact) mass is 1620 g/mol. The quantitative estimate of drug-likeness (QED) is 0.0157. The van der Waals surface area contributed by atoms with E-state index in [0.29, 0.717) is 0 Å². The Morgan fingerprint density at radius 2 is 0.546 bits per heavy atom. The Kier molecular flexibility index (Phi) is 33.2. The second kappa shape index (κ2) is 45.4. The highest BCUT2D eigenvalue weighted by Gasteiger charge is 2.59. The van der Waals surface area contributed by atoms with E-state index in [-0.39, 0.29) is 79.3 Å². The van der Waals surface area contributed by atoms with Crippen LogP contribution in [0.1, 0.15) is 70.8 Å². The van der Waals surface area contributed by atoms with Crippen molar-refractivity contribution < 1.29 is 95.3 Å². The van der Waals surface area contributed by atoms with Gasteiger partial charge in [-0.2, -0.15) is 0 Å². The van der Waals surface area contributed by atoms with Crippen molar-refractivity contribution in [1.29, 1.82) is 0 Å². The van der Waals surface area contributed by atoms with Gasteiger partial charge in [0.15, 0.2) is 25.2 Å². The fourth-order valence-corrected chi connectivity index (χ4v) is 15.1. The summed E-state index contributed by atoms with van der Waals surface area (Å²) in [5.41, 5.74) is 18.1. The van der Waals surface area contributed by atoms with Crippen LogP contribution < -0.4 is 16.0 Å². The number of nitrogens with zero attached hydrogens (tertiary/aromatic N) is 3. The molecule has 13 rings (SSSR count). The zero-order chi connectivity index (χ0) is 82.3. The Hall–Kier alpha value is -9.98. The molecule has 119 heavy (non-hydrogen) atoms. The number of hydrogen-bond donors (Lipinski definition) is 4. The van der Waals surface area contributed by atoms with Crippen molar-refractivity contribution in [3.8, 4) is 0 Å². The number of benzene rings is 9. The summed E-state index contributed by atoms with van der Waals surface area (Å²) in [5, 5.41) is 25.5. The molecule has 3 amide bonds. The van der Waals surface area contributed by atoms with Crippen LogP contribution in [0.15, 0.2) is 278 Å². The molecule has 4 aliphatic heterocycles. The van der Waals surface area contributed by atoms with E-state index in [1.807, 2.05) is 273 Å². The molecule has 4 heterocycles. The van der Waals surface area contributed by atoms with Crippen LogP contribution in [-0.2, 0) is 150 Å². The molecule has 4 saturated heterocycles. The van der Waals surface area contributed by atoms with Crippen LogP contribution in [0, 0.1) is 0 Å². The summed E-state index contributed by atoms with van der Waals surface area (Å²) in [5.74, 6) is -1.52. The molecular formula is C93H104N6O20. The summed E-state index contributed by atoms with van der Waals surface area (Å²) in [4.78, 5) is 45.9. The summed E-state index contributed by atoms with van der Waals surface area (Å²) in [6.45, 7) is 3.27. The van der Waals surface area contributed by atoms with Gasteiger partial charge in [-0.3, -0.25) is 14.4 Å². The van der Waals surface area contributed by atoms with Crippen LogP contribution in [0.4, 0.5) is 0 Å². The molecule has 0 bridgehead atoms. The van der Waals surface area contributed by atoms with Crippen LogP contribution in [0.2, 0.25) is 0 Å². The van der Waals surface area contributed by atoms with Crippen molar-refractivity contribution in [2.24, 2.45) is 5.11 Å². The minimum atomic E-state index is -1.59. The van der Waals surface area contributed by atoms with Gasteiger partial charge < -0.3 is 96.8 Å². The van der Waals surface area contributed by atoms with Gasteiger partial charge >= 0.3 is 0 Å². The zero-order valence-corrected chi connectivity index (χ0v) is 66.8. The molecule has 26 heteroatoms. The fraction of sp³-hybridized carbons (Fsp3) is 0.387. The molecular weight excluding hydrogens is 1520 g/mol. The number of rotatable bonds is 41. The molecule has 4 N–H and O–H groups in total. The summed E-state index contributed by atoms with van der Waals surface area (Å²) in [7, 11) is 0. The lowest BCUT2D eigenvalue weighted by Crippen LogP contribution is -2.72. The Balaban J connectivity index is 0.917. The van der Waals surface area contributed by atoms with Gasteiger partial charge in [-0.1, -0.05) is 278 Å². The van der Waals surface area contributed by atoms with Crippen molar-refractivity contribution in [1.82, 2.24) is 16.0 Å². The van der Waals surface area contributed by atoms with Crippen molar-refractivity contribution in [2.75, 3.05) is 26.4 Å². The summed E-state index contributed by atoms with van der Waals surface area (Å²) in [6, 6.07) is 80.6. The molecule has 0 spiro atoms. The number of aliphatic hydroxyl groups is 1. The molecule has 0 aromatic heterocycles. The summed E-state index contributed by atoms with van der Waals surface area (Å²) in [6.07, 6.45) is -20.5. The number of amides is 3. The Morgan fingerprint density at radius 3 is 0.840 bits per heavy atom. The summed E-state index contributed by atoms with van der Waals surface area (Å²) >= 11 is 0. The van der Waals surface area contributed by atoms with Gasteiger partial charge in [-0.15, -0.1) is 0 Å². The van der Waals surface area contributed by atoms with E-state index in [1.165, 1.54) is 20.8 Å². The molecule has 9 aromatic carbocycles. The largest absolute Gasteiger partial charge is 0.394 e. The van der Waals surface area contributed by atoms with Gasteiger partial charge in [0.25, 0.3) is 0 Å². The number of ether oxygens (including phenoxy) is 16. The highest BCUT2D eigenvalue weighted by molar-refractivity contribution is 5.74. The maximum Gasteiger partial charge on any atom is 0.217 e. The molecule has 4 aliphatic rings. The van der Waals surface area contributed by atoms with E-state index in [0.717, 1.165) is 50.1 Å². The number of azide groups is 1. The first-order valence-electron chi connectivity index (χ1n) is 40.2. The number of carbonyl (C=O) groups excluding carboxylic acids is 3. The average molecular weight is 1630 g/mol. The molecule has 26 nitrogen and oxygen atoms in total. The second-order valence-corrected chi connectivity index (χ2v) is 29.6. The number of hydrogen-bond acceptors (Lipinski definition) is 21. The third kappa shape index (κ3) is 25.3. The van der Waals surface area contributed by atoms with Crippen LogP contribution >= 0.6 is 0 Å². The topological polar surface area (TPSA) is 304 Å². The Labute approximate surface area is 693 Å². The Bertz CT molecular complexity index is 4510. The third-order valence-corrected chi connectivity index (χ3v) is 20.8. The minimum Gasteiger partial charge on any atom is -0.394 e. The van der Waals surface area contributed by atoms with Crippen LogP contribution in [0.25, 0.3) is 10.4 Å². The highest BCUT2D eigenvalue weighted by atomic mass is 16.8. The van der Waals surface area contributed by atoms with Crippen LogP contribution in [0.5, 0.6) is 0 Å². The van der Waals surface area contributed by atoms with Crippen molar-refractivity contribution in [2.45, 2.75) is 203 Å². The molecule has 9 aromatic rings. The minimum absolute atomic E-state index is 0.00152. The van der Waals surface area contributed by atoms with E-state index in [4.69, 9.17) is 75.8 Å². The van der Waals surface area contributed by atoms with Crippen molar-refractivity contribution >= 4 is 17.7 Å².